The molecule has 0 aliphatic carbocycles. The van der Waals surface area contributed by atoms with E-state index >= 15 is 0 Å². The maximum Gasteiger partial charge on any atom is 0.00747 e. The van der Waals surface area contributed by atoms with Crippen molar-refractivity contribution in [1.29, 1.82) is 0 Å². The van der Waals surface area contributed by atoms with Crippen LogP contribution in [-0.2, 0) is 5.41 Å². The van der Waals surface area contributed by atoms with Crippen molar-refractivity contribution in [3.63, 3.8) is 0 Å². The van der Waals surface area contributed by atoms with Crippen molar-refractivity contribution in [1.82, 2.24) is 0 Å². The molecular weight excluding hydrogens is 238 g/mol. The molecule has 0 aliphatic rings. The summed E-state index contributed by atoms with van der Waals surface area (Å²) in [6, 6.07) is 8.96. The Morgan fingerprint density at radius 3 is 2.06 bits per heavy atom. The molecule has 1 rings (SSSR count). The fourth-order valence-electron chi connectivity index (χ4n) is 2.43. The van der Waals surface area contributed by atoms with E-state index < -0.39 is 0 Å². The van der Waals surface area contributed by atoms with Crippen LogP contribution in [0.5, 0.6) is 0 Å². The Morgan fingerprint density at radius 1 is 1.11 bits per heavy atom. The lowest BCUT2D eigenvalue weighted by Gasteiger charge is -2.30. The molecule has 1 atom stereocenters. The van der Waals surface area contributed by atoms with Crippen molar-refractivity contribution in [2.75, 3.05) is 6.54 Å². The molecule has 1 nitrogen and oxygen atoms in total. The van der Waals surface area contributed by atoms with Gasteiger partial charge in [-0.05, 0) is 30.0 Å². The van der Waals surface area contributed by atoms with Gasteiger partial charge in [0.2, 0.25) is 0 Å². The summed E-state index contributed by atoms with van der Waals surface area (Å²) in [6.45, 7) is 12.0. The second-order valence-electron chi connectivity index (χ2n) is 6.05. The molecule has 0 saturated heterocycles. The van der Waals surface area contributed by atoms with Gasteiger partial charge < -0.3 is 5.73 Å². The van der Waals surface area contributed by atoms with Crippen LogP contribution < -0.4 is 5.73 Å². The van der Waals surface area contributed by atoms with Gasteiger partial charge in [0, 0.05) is 22.1 Å². The lowest BCUT2D eigenvalue weighted by molar-refractivity contribution is 0.376. The number of hydrogen-bond acceptors (Lipinski definition) is 2. The zero-order valence-electron chi connectivity index (χ0n) is 12.4. The lowest BCUT2D eigenvalue weighted by Crippen LogP contribution is -2.33. The van der Waals surface area contributed by atoms with Gasteiger partial charge >= 0.3 is 0 Å². The predicted molar refractivity (Wildman–Crippen MR) is 83.3 cm³/mol. The molecule has 0 fully saturated rings. The van der Waals surface area contributed by atoms with Gasteiger partial charge in [-0.25, -0.2) is 0 Å². The molecule has 1 unspecified atom stereocenters. The smallest absolute Gasteiger partial charge is 0.00747 e. The summed E-state index contributed by atoms with van der Waals surface area (Å²) in [6.07, 6.45) is 1.14. The number of hydrogen-bond donors (Lipinski definition) is 1. The Bertz CT molecular complexity index is 356. The van der Waals surface area contributed by atoms with Gasteiger partial charge in [-0.2, -0.15) is 0 Å². The van der Waals surface area contributed by atoms with E-state index in [1.54, 1.807) is 0 Å². The average molecular weight is 265 g/mol. The fraction of sp³-hybridized carbons (Fsp3) is 0.625. The van der Waals surface area contributed by atoms with Crippen LogP contribution in [-0.4, -0.2) is 11.8 Å². The molecule has 0 bridgehead atoms. The van der Waals surface area contributed by atoms with E-state index in [2.05, 4.69) is 58.9 Å². The molecule has 0 spiro atoms. The van der Waals surface area contributed by atoms with Crippen LogP contribution in [0.4, 0.5) is 0 Å². The third-order valence-corrected chi connectivity index (χ3v) is 4.25. The van der Waals surface area contributed by atoms with Gasteiger partial charge in [0.1, 0.15) is 0 Å². The third-order valence-electron chi connectivity index (χ3n) is 3.23. The number of benzene rings is 1. The van der Waals surface area contributed by atoms with Gasteiger partial charge in [0.15, 0.2) is 0 Å². The number of rotatable bonds is 6. The topological polar surface area (TPSA) is 26.0 Å². The molecule has 0 saturated carbocycles. The minimum atomic E-state index is 0.106. The van der Waals surface area contributed by atoms with Crippen molar-refractivity contribution in [2.24, 2.45) is 11.7 Å². The van der Waals surface area contributed by atoms with E-state index in [0.717, 1.165) is 6.42 Å². The van der Waals surface area contributed by atoms with Gasteiger partial charge in [0.05, 0.1) is 0 Å². The summed E-state index contributed by atoms with van der Waals surface area (Å²) >= 11 is 1.91. The van der Waals surface area contributed by atoms with E-state index in [9.17, 15) is 0 Å². The molecule has 102 valence electrons. The van der Waals surface area contributed by atoms with Crippen molar-refractivity contribution >= 4 is 11.8 Å². The van der Waals surface area contributed by atoms with Crippen molar-refractivity contribution in [3.05, 3.63) is 29.8 Å². The average Bonchev–Trinajstić information content (AvgIpc) is 2.28. The van der Waals surface area contributed by atoms with Gasteiger partial charge in [-0.3, -0.25) is 0 Å². The van der Waals surface area contributed by atoms with Crippen LogP contribution in [0.25, 0.3) is 0 Å². The third kappa shape index (κ3) is 4.33. The maximum atomic E-state index is 6.00. The monoisotopic (exact) mass is 265 g/mol. The Morgan fingerprint density at radius 2 is 1.67 bits per heavy atom. The zero-order chi connectivity index (χ0) is 13.8. The molecule has 1 aromatic carbocycles. The largest absolute Gasteiger partial charge is 0.330 e. The Balaban J connectivity index is 2.87. The summed E-state index contributed by atoms with van der Waals surface area (Å²) in [5, 5.41) is 0.632. The first-order chi connectivity index (χ1) is 8.37. The summed E-state index contributed by atoms with van der Waals surface area (Å²) in [5.74, 6) is 0.670. The van der Waals surface area contributed by atoms with Crippen molar-refractivity contribution in [2.45, 2.75) is 56.6 Å². The Hall–Kier alpha value is -0.470. The number of thioether (sulfide) groups is 1. The standard InChI is InChI=1S/C16H27NS/c1-12(2)10-16(5,11-17)14-6-8-15(9-7-14)18-13(3)4/h6-9,12-13H,10-11,17H2,1-5H3. The van der Waals surface area contributed by atoms with Crippen molar-refractivity contribution in [3.8, 4) is 0 Å². The van der Waals surface area contributed by atoms with Crippen LogP contribution in [0.2, 0.25) is 0 Å². The summed E-state index contributed by atoms with van der Waals surface area (Å²) in [4.78, 5) is 1.35. The first-order valence-corrected chi connectivity index (χ1v) is 7.72. The molecular formula is C16H27NS. The van der Waals surface area contributed by atoms with Crippen molar-refractivity contribution < 1.29 is 0 Å². The molecule has 0 heterocycles. The molecule has 18 heavy (non-hydrogen) atoms. The molecule has 2 heteroatoms. The minimum absolute atomic E-state index is 0.106. The van der Waals surface area contributed by atoms with Crippen LogP contribution >= 0.6 is 11.8 Å². The Kier molecular flexibility index (Phi) is 5.74. The summed E-state index contributed by atoms with van der Waals surface area (Å²) in [7, 11) is 0. The fourth-order valence-corrected chi connectivity index (χ4v) is 3.27. The van der Waals surface area contributed by atoms with E-state index in [0.29, 0.717) is 17.7 Å². The second kappa shape index (κ2) is 6.63. The molecule has 2 N–H and O–H groups in total. The first-order valence-electron chi connectivity index (χ1n) is 6.84. The first kappa shape index (κ1) is 15.6. The van der Waals surface area contributed by atoms with Crippen LogP contribution in [0.1, 0.15) is 46.6 Å². The predicted octanol–water partition coefficient (Wildman–Crippen LogP) is 4.45. The maximum absolute atomic E-state index is 6.00. The molecule has 1 aromatic rings. The normalized spacial score (nSPS) is 15.1. The highest BCUT2D eigenvalue weighted by Crippen LogP contribution is 2.32. The number of nitrogens with two attached hydrogens (primary N) is 1. The van der Waals surface area contributed by atoms with Gasteiger partial charge in [-0.1, -0.05) is 46.8 Å². The molecule has 0 aliphatic heterocycles. The minimum Gasteiger partial charge on any atom is -0.330 e. The summed E-state index contributed by atoms with van der Waals surface area (Å²) < 4.78 is 0. The van der Waals surface area contributed by atoms with E-state index in [4.69, 9.17) is 5.73 Å². The van der Waals surface area contributed by atoms with Crippen LogP contribution in [0, 0.1) is 5.92 Å². The highest BCUT2D eigenvalue weighted by molar-refractivity contribution is 7.99. The SMILES string of the molecule is CC(C)CC(C)(CN)c1ccc(SC(C)C)cc1. The van der Waals surface area contributed by atoms with Crippen LogP contribution in [0.15, 0.2) is 29.2 Å². The van der Waals surface area contributed by atoms with Gasteiger partial charge in [-0.15, -0.1) is 11.8 Å². The van der Waals surface area contributed by atoms with E-state index in [1.807, 2.05) is 11.8 Å². The molecule has 0 amide bonds. The molecule has 0 aromatic heterocycles. The van der Waals surface area contributed by atoms with E-state index in [-0.39, 0.29) is 5.41 Å². The zero-order valence-corrected chi connectivity index (χ0v) is 13.2. The highest BCUT2D eigenvalue weighted by Gasteiger charge is 2.25. The van der Waals surface area contributed by atoms with E-state index in [1.165, 1.54) is 10.5 Å². The summed E-state index contributed by atoms with van der Waals surface area (Å²) in [5.41, 5.74) is 7.47. The Labute approximate surface area is 117 Å². The second-order valence-corrected chi connectivity index (χ2v) is 7.70. The quantitative estimate of drug-likeness (QED) is 0.769. The molecule has 0 radical (unpaired) electrons. The lowest BCUT2D eigenvalue weighted by atomic mass is 9.76. The highest BCUT2D eigenvalue weighted by atomic mass is 32.2. The van der Waals surface area contributed by atoms with Crippen LogP contribution in [0.3, 0.4) is 0 Å². The van der Waals surface area contributed by atoms with Gasteiger partial charge in [0.25, 0.3) is 0 Å².